The number of hydrogen-bond acceptors (Lipinski definition) is 2. The quantitative estimate of drug-likeness (QED) is 0.785. The Hall–Kier alpha value is -0.550. The van der Waals surface area contributed by atoms with Crippen LogP contribution < -0.4 is 5.32 Å². The average Bonchev–Trinajstić information content (AvgIpc) is 2.22. The largest absolute Gasteiger partial charge is 0.387 e. The van der Waals surface area contributed by atoms with E-state index in [1.807, 2.05) is 20.0 Å². The van der Waals surface area contributed by atoms with Crippen LogP contribution in [-0.4, -0.2) is 12.0 Å². The third-order valence-corrected chi connectivity index (χ3v) is 3.66. The summed E-state index contributed by atoms with van der Waals surface area (Å²) in [6.45, 7) is 4.07. The SMILES string of the molecule is CNc1c(C)c(C)nc2c(Cl)cc(I)cc12. The Morgan fingerprint density at radius 2 is 2.00 bits per heavy atom. The Labute approximate surface area is 114 Å². The molecule has 0 amide bonds. The van der Waals surface area contributed by atoms with Crippen LogP contribution in [-0.2, 0) is 0 Å². The van der Waals surface area contributed by atoms with Gasteiger partial charge >= 0.3 is 0 Å². The number of halogens is 2. The van der Waals surface area contributed by atoms with E-state index in [2.05, 4.69) is 45.9 Å². The summed E-state index contributed by atoms with van der Waals surface area (Å²) in [4.78, 5) is 4.55. The van der Waals surface area contributed by atoms with E-state index in [1.165, 1.54) is 5.56 Å². The Morgan fingerprint density at radius 1 is 1.31 bits per heavy atom. The van der Waals surface area contributed by atoms with Gasteiger partial charge in [0.2, 0.25) is 0 Å². The lowest BCUT2D eigenvalue weighted by atomic mass is 10.1. The number of nitrogens with one attached hydrogen (secondary N) is 1. The molecule has 4 heteroatoms. The Kier molecular flexibility index (Phi) is 3.26. The zero-order valence-corrected chi connectivity index (χ0v) is 12.3. The second-order valence-electron chi connectivity index (χ2n) is 3.73. The molecule has 0 radical (unpaired) electrons. The van der Waals surface area contributed by atoms with E-state index in [9.17, 15) is 0 Å². The summed E-state index contributed by atoms with van der Waals surface area (Å²) in [6, 6.07) is 4.04. The molecule has 2 nitrogen and oxygen atoms in total. The van der Waals surface area contributed by atoms with Crippen molar-refractivity contribution in [1.82, 2.24) is 4.98 Å². The van der Waals surface area contributed by atoms with Crippen LogP contribution in [0.1, 0.15) is 11.3 Å². The molecule has 0 aliphatic carbocycles. The summed E-state index contributed by atoms with van der Waals surface area (Å²) >= 11 is 8.49. The van der Waals surface area contributed by atoms with E-state index in [0.29, 0.717) is 5.02 Å². The number of nitrogens with zero attached hydrogens (tertiary/aromatic N) is 1. The van der Waals surface area contributed by atoms with E-state index in [0.717, 1.165) is 25.9 Å². The van der Waals surface area contributed by atoms with Gasteiger partial charge in [0.05, 0.1) is 10.5 Å². The lowest BCUT2D eigenvalue weighted by Crippen LogP contribution is -1.99. The fourth-order valence-electron chi connectivity index (χ4n) is 1.83. The van der Waals surface area contributed by atoms with E-state index < -0.39 is 0 Å². The smallest absolute Gasteiger partial charge is 0.0913 e. The first kappa shape index (κ1) is 11.9. The molecule has 0 atom stereocenters. The molecule has 84 valence electrons. The van der Waals surface area contributed by atoms with Gasteiger partial charge in [-0.2, -0.15) is 0 Å². The number of aromatic nitrogens is 1. The van der Waals surface area contributed by atoms with Crippen LogP contribution in [0.5, 0.6) is 0 Å². The minimum Gasteiger partial charge on any atom is -0.387 e. The lowest BCUT2D eigenvalue weighted by molar-refractivity contribution is 1.19. The maximum atomic E-state index is 6.22. The van der Waals surface area contributed by atoms with Crippen molar-refractivity contribution in [1.29, 1.82) is 0 Å². The third-order valence-electron chi connectivity index (χ3n) is 2.74. The van der Waals surface area contributed by atoms with Crippen molar-refractivity contribution in [3.8, 4) is 0 Å². The zero-order valence-electron chi connectivity index (χ0n) is 9.36. The zero-order chi connectivity index (χ0) is 11.9. The van der Waals surface area contributed by atoms with Gasteiger partial charge in [-0.15, -0.1) is 0 Å². The Morgan fingerprint density at radius 3 is 2.62 bits per heavy atom. The predicted octanol–water partition coefficient (Wildman–Crippen LogP) is 4.15. The number of rotatable bonds is 1. The van der Waals surface area contributed by atoms with Crippen LogP contribution >= 0.6 is 34.2 Å². The summed E-state index contributed by atoms with van der Waals surface area (Å²) < 4.78 is 1.12. The normalized spacial score (nSPS) is 10.8. The predicted molar refractivity (Wildman–Crippen MR) is 78.5 cm³/mol. The van der Waals surface area contributed by atoms with Crippen LogP contribution in [0.25, 0.3) is 10.9 Å². The standard InChI is InChI=1S/C12H12ClIN2/c1-6-7(2)16-12-9(11(6)15-3)4-8(14)5-10(12)13/h4-5H,1-3H3,(H,15,16). The highest BCUT2D eigenvalue weighted by molar-refractivity contribution is 14.1. The van der Waals surface area contributed by atoms with Crippen molar-refractivity contribution in [3.05, 3.63) is 32.0 Å². The monoisotopic (exact) mass is 346 g/mol. The highest BCUT2D eigenvalue weighted by Gasteiger charge is 2.11. The van der Waals surface area contributed by atoms with Crippen LogP contribution in [0.2, 0.25) is 5.02 Å². The van der Waals surface area contributed by atoms with Crippen molar-refractivity contribution >= 4 is 50.8 Å². The van der Waals surface area contributed by atoms with Gasteiger partial charge in [0.15, 0.2) is 0 Å². The summed E-state index contributed by atoms with van der Waals surface area (Å²) in [5, 5.41) is 5.03. The molecule has 0 saturated carbocycles. The number of pyridine rings is 1. The number of aryl methyl sites for hydroxylation is 1. The third kappa shape index (κ3) is 1.86. The molecule has 1 aromatic heterocycles. The maximum Gasteiger partial charge on any atom is 0.0913 e. The molecule has 1 N–H and O–H groups in total. The molecule has 1 heterocycles. The first-order valence-corrected chi connectivity index (χ1v) is 6.44. The molecule has 0 fully saturated rings. The van der Waals surface area contributed by atoms with Crippen molar-refractivity contribution in [2.24, 2.45) is 0 Å². The first-order valence-electron chi connectivity index (χ1n) is 4.98. The second kappa shape index (κ2) is 4.37. The number of fused-ring (bicyclic) bond motifs is 1. The van der Waals surface area contributed by atoms with Crippen LogP contribution in [0, 0.1) is 17.4 Å². The molecule has 0 aliphatic rings. The van der Waals surface area contributed by atoms with Crippen molar-refractivity contribution in [2.75, 3.05) is 12.4 Å². The van der Waals surface area contributed by atoms with Gasteiger partial charge in [-0.3, -0.25) is 4.98 Å². The molecule has 16 heavy (non-hydrogen) atoms. The summed E-state index contributed by atoms with van der Waals surface area (Å²) in [6.07, 6.45) is 0. The van der Waals surface area contributed by atoms with Gasteiger partial charge in [-0.25, -0.2) is 0 Å². The van der Waals surface area contributed by atoms with Crippen LogP contribution in [0.4, 0.5) is 5.69 Å². The van der Waals surface area contributed by atoms with Gasteiger partial charge in [-0.05, 0) is 54.1 Å². The minimum atomic E-state index is 0.710. The van der Waals surface area contributed by atoms with Gasteiger partial charge in [0.25, 0.3) is 0 Å². The molecule has 0 saturated heterocycles. The topological polar surface area (TPSA) is 24.9 Å². The van der Waals surface area contributed by atoms with Crippen molar-refractivity contribution in [2.45, 2.75) is 13.8 Å². The fraction of sp³-hybridized carbons (Fsp3) is 0.250. The highest BCUT2D eigenvalue weighted by Crippen LogP contribution is 2.33. The Bertz CT molecular complexity index is 567. The molecule has 0 unspecified atom stereocenters. The number of hydrogen-bond donors (Lipinski definition) is 1. The van der Waals surface area contributed by atoms with Gasteiger partial charge in [0, 0.05) is 27.4 Å². The maximum absolute atomic E-state index is 6.22. The summed E-state index contributed by atoms with van der Waals surface area (Å²) in [7, 11) is 1.93. The van der Waals surface area contributed by atoms with Crippen molar-refractivity contribution < 1.29 is 0 Å². The molecular formula is C12H12ClIN2. The molecular weight excluding hydrogens is 335 g/mol. The number of anilines is 1. The second-order valence-corrected chi connectivity index (χ2v) is 5.38. The van der Waals surface area contributed by atoms with Crippen molar-refractivity contribution in [3.63, 3.8) is 0 Å². The summed E-state index contributed by atoms with van der Waals surface area (Å²) in [5.74, 6) is 0. The van der Waals surface area contributed by atoms with Crippen LogP contribution in [0.3, 0.4) is 0 Å². The number of benzene rings is 1. The average molecular weight is 347 g/mol. The molecule has 1 aromatic carbocycles. The lowest BCUT2D eigenvalue weighted by Gasteiger charge is -2.13. The summed E-state index contributed by atoms with van der Waals surface area (Å²) in [5.41, 5.74) is 4.17. The molecule has 2 aromatic rings. The molecule has 2 rings (SSSR count). The van der Waals surface area contributed by atoms with E-state index in [1.54, 1.807) is 0 Å². The highest BCUT2D eigenvalue weighted by atomic mass is 127. The molecule has 0 spiro atoms. The first-order chi connectivity index (χ1) is 7.54. The molecule has 0 aliphatic heterocycles. The molecule has 0 bridgehead atoms. The van der Waals surface area contributed by atoms with Gasteiger partial charge in [-0.1, -0.05) is 11.6 Å². The van der Waals surface area contributed by atoms with E-state index in [-0.39, 0.29) is 0 Å². The van der Waals surface area contributed by atoms with E-state index in [4.69, 9.17) is 11.6 Å². The fourth-order valence-corrected chi connectivity index (χ4v) is 2.90. The Balaban J connectivity index is 2.96. The van der Waals surface area contributed by atoms with Gasteiger partial charge in [0.1, 0.15) is 0 Å². The van der Waals surface area contributed by atoms with Gasteiger partial charge < -0.3 is 5.32 Å². The van der Waals surface area contributed by atoms with E-state index >= 15 is 0 Å². The minimum absolute atomic E-state index is 0.710. The van der Waals surface area contributed by atoms with Crippen LogP contribution in [0.15, 0.2) is 12.1 Å².